The molecule has 0 radical (unpaired) electrons. The maximum atomic E-state index is 12.7. The fraction of sp³-hybridized carbons (Fsp3) is 0.474. The molecule has 1 fully saturated rings. The van der Waals surface area contributed by atoms with Gasteiger partial charge in [-0.15, -0.1) is 5.10 Å². The van der Waals surface area contributed by atoms with E-state index >= 15 is 0 Å². The Kier molecular flexibility index (Phi) is 4.89. The summed E-state index contributed by atoms with van der Waals surface area (Å²) in [4.78, 5) is 24.4. The molecule has 1 aromatic carbocycles. The van der Waals surface area contributed by atoms with Gasteiger partial charge in [0, 0.05) is 17.8 Å². The monoisotopic (exact) mass is 368 g/mol. The number of fused-ring (bicyclic) bond motifs is 1. The van der Waals surface area contributed by atoms with E-state index in [1.807, 2.05) is 23.7 Å². The van der Waals surface area contributed by atoms with Crippen molar-refractivity contribution in [2.75, 3.05) is 23.7 Å². The fourth-order valence-electron chi connectivity index (χ4n) is 3.79. The molecule has 2 aliphatic rings. The van der Waals surface area contributed by atoms with E-state index in [4.69, 9.17) is 0 Å². The number of anilines is 2. The Morgan fingerprint density at radius 3 is 2.89 bits per heavy atom. The Balaban J connectivity index is 1.50. The van der Waals surface area contributed by atoms with E-state index in [-0.39, 0.29) is 17.9 Å². The van der Waals surface area contributed by atoms with Crippen molar-refractivity contribution >= 4 is 23.2 Å². The van der Waals surface area contributed by atoms with Crippen molar-refractivity contribution in [1.29, 1.82) is 0 Å². The van der Waals surface area contributed by atoms with Gasteiger partial charge in [0.1, 0.15) is 0 Å². The number of benzene rings is 1. The number of nitrogens with zero attached hydrogens (tertiary/aromatic N) is 3. The zero-order valence-corrected chi connectivity index (χ0v) is 15.4. The highest BCUT2D eigenvalue weighted by molar-refractivity contribution is 6.03. The first kappa shape index (κ1) is 17.7. The van der Waals surface area contributed by atoms with E-state index in [1.165, 1.54) is 0 Å². The van der Waals surface area contributed by atoms with Gasteiger partial charge in [-0.25, -0.2) is 4.68 Å². The van der Waals surface area contributed by atoms with E-state index in [0.29, 0.717) is 17.8 Å². The van der Waals surface area contributed by atoms with Crippen LogP contribution >= 0.6 is 0 Å². The van der Waals surface area contributed by atoms with Gasteiger partial charge in [-0.2, -0.15) is 0 Å². The smallest absolute Gasteiger partial charge is 0.278 e. The molecule has 2 amide bonds. The maximum Gasteiger partial charge on any atom is 0.278 e. The number of hydrogen-bond donors (Lipinski definition) is 3. The number of aryl methyl sites for hydroxylation is 1. The Morgan fingerprint density at radius 2 is 2.07 bits per heavy atom. The van der Waals surface area contributed by atoms with Crippen LogP contribution in [0.5, 0.6) is 0 Å². The fourth-order valence-corrected chi connectivity index (χ4v) is 3.79. The molecular formula is C19H24N6O2. The number of aromatic nitrogens is 3. The predicted molar refractivity (Wildman–Crippen MR) is 102 cm³/mol. The van der Waals surface area contributed by atoms with Crippen LogP contribution in [0.2, 0.25) is 0 Å². The van der Waals surface area contributed by atoms with E-state index in [1.54, 1.807) is 6.07 Å². The first-order valence-electron chi connectivity index (χ1n) is 9.48. The van der Waals surface area contributed by atoms with Crippen LogP contribution in [0.15, 0.2) is 18.2 Å². The molecule has 1 saturated heterocycles. The lowest BCUT2D eigenvalue weighted by atomic mass is 10.1. The molecule has 3 heterocycles. The van der Waals surface area contributed by atoms with Crippen LogP contribution < -0.4 is 16.0 Å². The standard InChI is InChI=1S/C19H24N6O2/c1-12-18(23-24-25(12)15-7-9-20-10-8-15)19(27)21-14-5-6-16-13(11-14)3-2-4-17(26)22-16/h5-6,11,15,20H,2-4,7-10H2,1H3,(H,21,27)(H,22,26). The van der Waals surface area contributed by atoms with Crippen molar-refractivity contribution in [2.24, 2.45) is 0 Å². The zero-order valence-electron chi connectivity index (χ0n) is 15.4. The predicted octanol–water partition coefficient (Wildman–Crippen LogP) is 2.04. The molecule has 2 aliphatic heterocycles. The summed E-state index contributed by atoms with van der Waals surface area (Å²) in [7, 11) is 0. The van der Waals surface area contributed by atoms with Gasteiger partial charge >= 0.3 is 0 Å². The van der Waals surface area contributed by atoms with Crippen LogP contribution in [-0.4, -0.2) is 39.9 Å². The Bertz CT molecular complexity index is 869. The van der Waals surface area contributed by atoms with Gasteiger partial charge in [-0.1, -0.05) is 5.21 Å². The lowest BCUT2D eigenvalue weighted by molar-refractivity contribution is -0.116. The molecule has 0 unspecified atom stereocenters. The van der Waals surface area contributed by atoms with Crippen LogP contribution in [0, 0.1) is 6.92 Å². The van der Waals surface area contributed by atoms with Crippen LogP contribution in [0.4, 0.5) is 11.4 Å². The number of amides is 2. The second kappa shape index (κ2) is 7.48. The number of carbonyl (C=O) groups is 2. The van der Waals surface area contributed by atoms with Gasteiger partial charge in [-0.3, -0.25) is 9.59 Å². The summed E-state index contributed by atoms with van der Waals surface area (Å²) in [5.41, 5.74) is 3.71. The van der Waals surface area contributed by atoms with E-state index in [0.717, 1.165) is 55.7 Å². The van der Waals surface area contributed by atoms with E-state index < -0.39 is 0 Å². The highest BCUT2D eigenvalue weighted by atomic mass is 16.2. The number of hydrogen-bond acceptors (Lipinski definition) is 5. The molecule has 27 heavy (non-hydrogen) atoms. The summed E-state index contributed by atoms with van der Waals surface area (Å²) in [6.07, 6.45) is 4.11. The molecule has 1 aromatic heterocycles. The molecule has 0 spiro atoms. The third kappa shape index (κ3) is 3.71. The topological polar surface area (TPSA) is 101 Å². The van der Waals surface area contributed by atoms with Crippen LogP contribution in [-0.2, 0) is 11.2 Å². The summed E-state index contributed by atoms with van der Waals surface area (Å²) in [5.74, 6) is -0.221. The lowest BCUT2D eigenvalue weighted by Crippen LogP contribution is -2.30. The summed E-state index contributed by atoms with van der Waals surface area (Å²) in [6, 6.07) is 5.85. The average Bonchev–Trinajstić information content (AvgIpc) is 2.95. The Hall–Kier alpha value is -2.74. The second-order valence-electron chi connectivity index (χ2n) is 7.18. The molecular weight excluding hydrogens is 344 g/mol. The number of carbonyl (C=O) groups excluding carboxylic acids is 2. The molecule has 0 aliphatic carbocycles. The molecule has 0 atom stereocenters. The lowest BCUT2D eigenvalue weighted by Gasteiger charge is -2.23. The van der Waals surface area contributed by atoms with Gasteiger partial charge in [-0.05, 0) is 69.5 Å². The summed E-state index contributed by atoms with van der Waals surface area (Å²) in [5, 5.41) is 17.5. The average molecular weight is 368 g/mol. The second-order valence-corrected chi connectivity index (χ2v) is 7.18. The summed E-state index contributed by atoms with van der Waals surface area (Å²) < 4.78 is 1.88. The first-order valence-corrected chi connectivity index (χ1v) is 9.48. The maximum absolute atomic E-state index is 12.7. The van der Waals surface area contributed by atoms with Gasteiger partial charge in [0.05, 0.1) is 11.7 Å². The molecule has 8 nitrogen and oxygen atoms in total. The summed E-state index contributed by atoms with van der Waals surface area (Å²) in [6.45, 7) is 3.80. The normalized spacial score (nSPS) is 17.7. The highest BCUT2D eigenvalue weighted by Crippen LogP contribution is 2.26. The quantitative estimate of drug-likeness (QED) is 0.770. The molecule has 2 aromatic rings. The largest absolute Gasteiger partial charge is 0.326 e. The van der Waals surface area contributed by atoms with Crippen molar-refractivity contribution in [2.45, 2.75) is 45.1 Å². The van der Waals surface area contributed by atoms with Crippen LogP contribution in [0.25, 0.3) is 0 Å². The van der Waals surface area contributed by atoms with Gasteiger partial charge in [0.2, 0.25) is 5.91 Å². The summed E-state index contributed by atoms with van der Waals surface area (Å²) >= 11 is 0. The molecule has 8 heteroatoms. The molecule has 4 rings (SSSR count). The molecule has 0 bridgehead atoms. The minimum absolute atomic E-state index is 0.0377. The van der Waals surface area contributed by atoms with Crippen molar-refractivity contribution in [1.82, 2.24) is 20.3 Å². The molecule has 3 N–H and O–H groups in total. The Labute approximate surface area is 157 Å². The molecule has 0 saturated carbocycles. The van der Waals surface area contributed by atoms with E-state index in [2.05, 4.69) is 26.3 Å². The van der Waals surface area contributed by atoms with Crippen molar-refractivity contribution in [3.05, 3.63) is 35.2 Å². The zero-order chi connectivity index (χ0) is 18.8. The van der Waals surface area contributed by atoms with Crippen molar-refractivity contribution in [3.63, 3.8) is 0 Å². The van der Waals surface area contributed by atoms with Gasteiger partial charge in [0.15, 0.2) is 5.69 Å². The SMILES string of the molecule is Cc1c(C(=O)Nc2ccc3c(c2)CCCC(=O)N3)nnn1C1CCNCC1. The third-order valence-electron chi connectivity index (χ3n) is 5.28. The van der Waals surface area contributed by atoms with E-state index in [9.17, 15) is 9.59 Å². The highest BCUT2D eigenvalue weighted by Gasteiger charge is 2.23. The minimum atomic E-state index is -0.259. The van der Waals surface area contributed by atoms with Gasteiger partial charge < -0.3 is 16.0 Å². The van der Waals surface area contributed by atoms with Crippen molar-refractivity contribution < 1.29 is 9.59 Å². The van der Waals surface area contributed by atoms with Crippen LogP contribution in [0.3, 0.4) is 0 Å². The third-order valence-corrected chi connectivity index (χ3v) is 5.28. The van der Waals surface area contributed by atoms with Crippen LogP contribution in [0.1, 0.15) is 53.5 Å². The number of nitrogens with one attached hydrogen (secondary N) is 3. The molecule has 142 valence electrons. The first-order chi connectivity index (χ1) is 13.1. The number of piperidine rings is 1. The van der Waals surface area contributed by atoms with Gasteiger partial charge in [0.25, 0.3) is 5.91 Å². The minimum Gasteiger partial charge on any atom is -0.326 e. The number of rotatable bonds is 3. The van der Waals surface area contributed by atoms with Crippen molar-refractivity contribution in [3.8, 4) is 0 Å². The Morgan fingerprint density at radius 1 is 1.26 bits per heavy atom.